The maximum absolute atomic E-state index is 5.93. The number of benzene rings is 15. The Hall–Kier alpha value is -12.0. The topological polar surface area (TPSA) is 40.6 Å². The van der Waals surface area contributed by atoms with Gasteiger partial charge in [-0.2, -0.15) is 0 Å². The first-order valence-corrected chi connectivity index (χ1v) is 35.7. The SMILES string of the molecule is c1ccc2c(c1)sc1cc(-c3ccc4c(c3)c3ccccc3n4-c3ccc4nc(-n5c6ccccc6c6cc(-c7ccc8c(c7)sc7ccccc78)ccc65)nc(-c5ccc(-n6c7ccccc7c7cc(-c8ccc9c(c8)sc8ccccc89)ccc76)c6ccccc56)c4c3)ccc12. The van der Waals surface area contributed by atoms with Crippen LogP contribution in [0.4, 0.5) is 0 Å². The average molecular weight is 1300 g/mol. The van der Waals surface area contributed by atoms with Crippen molar-refractivity contribution in [1.29, 1.82) is 0 Å². The molecule has 0 bridgehead atoms. The van der Waals surface area contributed by atoms with Gasteiger partial charge in [-0.3, -0.25) is 4.57 Å². The van der Waals surface area contributed by atoms with Crippen LogP contribution in [0, 0.1) is 0 Å². The molecule has 7 aromatic heterocycles. The van der Waals surface area contributed by atoms with E-state index in [1.54, 1.807) is 0 Å². The van der Waals surface area contributed by atoms with Crippen LogP contribution >= 0.6 is 34.0 Å². The van der Waals surface area contributed by atoms with Gasteiger partial charge in [0.2, 0.25) is 5.95 Å². The maximum Gasteiger partial charge on any atom is 0.235 e. The summed E-state index contributed by atoms with van der Waals surface area (Å²) in [5.74, 6) is 0.613. The van der Waals surface area contributed by atoms with Crippen LogP contribution in [0.25, 0.3) is 210 Å². The molecule has 0 aliphatic carbocycles. The molecule has 5 nitrogen and oxygen atoms in total. The van der Waals surface area contributed by atoms with Gasteiger partial charge >= 0.3 is 0 Å². The van der Waals surface area contributed by atoms with Gasteiger partial charge in [-0.15, -0.1) is 34.0 Å². The molecular formula is C90H51N5S3. The molecule has 7 heterocycles. The fourth-order valence-electron chi connectivity index (χ4n) is 16.2. The monoisotopic (exact) mass is 1300 g/mol. The number of hydrogen-bond acceptors (Lipinski definition) is 5. The first kappa shape index (κ1) is 54.2. The normalized spacial score (nSPS) is 12.3. The van der Waals surface area contributed by atoms with Gasteiger partial charge < -0.3 is 9.13 Å². The van der Waals surface area contributed by atoms with E-state index in [0.717, 1.165) is 88.2 Å². The minimum Gasteiger partial charge on any atom is -0.309 e. The van der Waals surface area contributed by atoms with Gasteiger partial charge in [-0.1, -0.05) is 194 Å². The third kappa shape index (κ3) is 7.99. The molecule has 0 aliphatic heterocycles. The van der Waals surface area contributed by atoms with E-state index in [9.17, 15) is 0 Å². The number of hydrogen-bond donors (Lipinski definition) is 0. The lowest BCUT2D eigenvalue weighted by Crippen LogP contribution is -2.05. The van der Waals surface area contributed by atoms with Gasteiger partial charge in [-0.05, 0) is 154 Å². The van der Waals surface area contributed by atoms with E-state index in [1.807, 2.05) is 34.0 Å². The summed E-state index contributed by atoms with van der Waals surface area (Å²) in [6.45, 7) is 0. The summed E-state index contributed by atoms with van der Waals surface area (Å²) in [6.07, 6.45) is 0. The molecular weight excluding hydrogens is 1250 g/mol. The highest BCUT2D eigenvalue weighted by Gasteiger charge is 2.24. The van der Waals surface area contributed by atoms with E-state index in [0.29, 0.717) is 5.95 Å². The second-order valence-corrected chi connectivity index (χ2v) is 29.2. The van der Waals surface area contributed by atoms with Crippen molar-refractivity contribution in [3.05, 3.63) is 309 Å². The van der Waals surface area contributed by atoms with E-state index in [-0.39, 0.29) is 0 Å². The molecule has 0 fully saturated rings. The molecule has 0 N–H and O–H groups in total. The molecule has 98 heavy (non-hydrogen) atoms. The fraction of sp³-hybridized carbons (Fsp3) is 0. The van der Waals surface area contributed by atoms with Gasteiger partial charge in [0.25, 0.3) is 0 Å². The number of nitrogens with zero attached hydrogens (tertiary/aromatic N) is 5. The van der Waals surface area contributed by atoms with Gasteiger partial charge in [0, 0.05) is 115 Å². The van der Waals surface area contributed by atoms with Crippen molar-refractivity contribution >= 4 is 182 Å². The highest BCUT2D eigenvalue weighted by Crippen LogP contribution is 2.46. The lowest BCUT2D eigenvalue weighted by atomic mass is 9.97. The zero-order valence-corrected chi connectivity index (χ0v) is 54.9. The van der Waals surface area contributed by atoms with Gasteiger partial charge in [0.15, 0.2) is 0 Å². The molecule has 22 aromatic rings. The summed E-state index contributed by atoms with van der Waals surface area (Å²) in [5, 5.41) is 18.2. The third-order valence-electron chi connectivity index (χ3n) is 20.7. The minimum absolute atomic E-state index is 0.613. The van der Waals surface area contributed by atoms with Crippen LogP contribution in [-0.4, -0.2) is 23.7 Å². The molecule has 0 unspecified atom stereocenters. The Labute approximate surface area is 572 Å². The molecule has 0 spiro atoms. The summed E-state index contributed by atoms with van der Waals surface area (Å²) >= 11 is 5.59. The highest BCUT2D eigenvalue weighted by atomic mass is 32.1. The molecule has 454 valence electrons. The predicted octanol–water partition coefficient (Wildman–Crippen LogP) is 25.8. The van der Waals surface area contributed by atoms with Crippen LogP contribution in [-0.2, 0) is 0 Å². The van der Waals surface area contributed by atoms with Crippen LogP contribution in [0.5, 0.6) is 0 Å². The van der Waals surface area contributed by atoms with Crippen molar-refractivity contribution in [2.24, 2.45) is 0 Å². The Morgan fingerprint density at radius 2 is 0.582 bits per heavy atom. The van der Waals surface area contributed by atoms with Crippen molar-refractivity contribution in [3.63, 3.8) is 0 Å². The Kier molecular flexibility index (Phi) is 11.5. The second-order valence-electron chi connectivity index (χ2n) is 25.9. The lowest BCUT2D eigenvalue weighted by Gasteiger charge is -2.17. The zero-order chi connectivity index (χ0) is 63.8. The van der Waals surface area contributed by atoms with E-state index in [2.05, 4.69) is 323 Å². The molecule has 0 radical (unpaired) electrons. The summed E-state index contributed by atoms with van der Waals surface area (Å²) in [7, 11) is 0. The second kappa shape index (κ2) is 20.7. The van der Waals surface area contributed by atoms with Crippen LogP contribution in [0.1, 0.15) is 0 Å². The van der Waals surface area contributed by atoms with E-state index in [4.69, 9.17) is 9.97 Å². The van der Waals surface area contributed by atoms with Gasteiger partial charge in [0.1, 0.15) is 0 Å². The number of para-hydroxylation sites is 3. The Morgan fingerprint density at radius 1 is 0.214 bits per heavy atom. The molecule has 0 amide bonds. The molecule has 22 rings (SSSR count). The largest absolute Gasteiger partial charge is 0.309 e. The summed E-state index contributed by atoms with van der Waals surface area (Å²) in [5.41, 5.74) is 18.7. The van der Waals surface area contributed by atoms with Crippen LogP contribution in [0.2, 0.25) is 0 Å². The number of thiophene rings is 3. The first-order chi connectivity index (χ1) is 48.5. The molecule has 0 saturated carbocycles. The molecule has 0 aliphatic rings. The zero-order valence-electron chi connectivity index (χ0n) is 52.4. The van der Waals surface area contributed by atoms with Crippen LogP contribution in [0.15, 0.2) is 309 Å². The Bertz CT molecular complexity index is 7210. The summed E-state index contributed by atoms with van der Waals surface area (Å²) in [4.78, 5) is 11.6. The predicted molar refractivity (Wildman–Crippen MR) is 420 cm³/mol. The van der Waals surface area contributed by atoms with Gasteiger partial charge in [-0.25, -0.2) is 9.97 Å². The molecule has 0 atom stereocenters. The fourth-order valence-corrected chi connectivity index (χ4v) is 19.6. The number of aromatic nitrogens is 5. The minimum atomic E-state index is 0.613. The molecule has 15 aromatic carbocycles. The van der Waals surface area contributed by atoms with Crippen molar-refractivity contribution in [3.8, 4) is 62.0 Å². The highest BCUT2D eigenvalue weighted by molar-refractivity contribution is 7.26. The van der Waals surface area contributed by atoms with E-state index >= 15 is 0 Å². The lowest BCUT2D eigenvalue weighted by molar-refractivity contribution is 1.01. The molecule has 0 saturated heterocycles. The van der Waals surface area contributed by atoms with Crippen molar-refractivity contribution in [1.82, 2.24) is 23.7 Å². The average Bonchev–Trinajstić information content (AvgIpc) is 1.53. The summed E-state index contributed by atoms with van der Waals surface area (Å²) in [6, 6.07) is 115. The number of rotatable bonds is 7. The maximum atomic E-state index is 5.93. The quantitative estimate of drug-likeness (QED) is 0.160. The summed E-state index contributed by atoms with van der Waals surface area (Å²) < 4.78 is 15.0. The third-order valence-corrected chi connectivity index (χ3v) is 24.1. The standard InChI is InChI=1S/C90H51N5S3/c1-2-16-60-59(15-1)70(39-44-79(60)94-77-24-10-4-18-62(77)72-46-53(33-42-81(72)94)56-30-37-68-65-21-7-13-27-84(65)97-87(68)49-56)89-74-51-58(93-76-23-9-3-17-61(76)71-45-52(32-41-80(71)93)55-29-36-67-64-20-6-12-26-83(64)96-86(67)48-55)35-40-75(74)91-90(92-89)95-78-25-11-5-19-63(78)73-47-54(34-43-82(73)95)57-31-38-69-66-22-8-14-28-85(66)98-88(69)50-57/h1-51H. The van der Waals surface area contributed by atoms with Crippen molar-refractivity contribution in [2.45, 2.75) is 0 Å². The van der Waals surface area contributed by atoms with Gasteiger partial charge in [0.05, 0.1) is 50.0 Å². The Morgan fingerprint density at radius 3 is 1.08 bits per heavy atom. The van der Waals surface area contributed by atoms with Crippen LogP contribution < -0.4 is 0 Å². The number of fused-ring (bicyclic) bond motifs is 20. The Balaban J connectivity index is 0.739. The first-order valence-electron chi connectivity index (χ1n) is 33.3. The molecule has 8 heteroatoms. The van der Waals surface area contributed by atoms with Crippen molar-refractivity contribution in [2.75, 3.05) is 0 Å². The van der Waals surface area contributed by atoms with Crippen LogP contribution in [0.3, 0.4) is 0 Å². The smallest absolute Gasteiger partial charge is 0.235 e. The van der Waals surface area contributed by atoms with Crippen molar-refractivity contribution < 1.29 is 0 Å². The van der Waals surface area contributed by atoms with E-state index in [1.165, 1.54) is 115 Å². The van der Waals surface area contributed by atoms with E-state index < -0.39 is 0 Å².